The van der Waals surface area contributed by atoms with E-state index in [1.807, 2.05) is 0 Å². The highest BCUT2D eigenvalue weighted by Crippen LogP contribution is 2.45. The first-order valence-electron chi connectivity index (χ1n) is 7.75. The van der Waals surface area contributed by atoms with Crippen LogP contribution in [0.5, 0.6) is 0 Å². The van der Waals surface area contributed by atoms with Crippen LogP contribution in [0.3, 0.4) is 0 Å². The Morgan fingerprint density at radius 2 is 1.90 bits per heavy atom. The maximum absolute atomic E-state index is 9.63. The van der Waals surface area contributed by atoms with Crippen molar-refractivity contribution in [1.82, 2.24) is 0 Å². The summed E-state index contributed by atoms with van der Waals surface area (Å²) in [4.78, 5) is 0. The van der Waals surface area contributed by atoms with Gasteiger partial charge in [0.1, 0.15) is 0 Å². The molecule has 2 rings (SSSR count). The van der Waals surface area contributed by atoms with Crippen molar-refractivity contribution in [2.75, 3.05) is 6.61 Å². The van der Waals surface area contributed by atoms with E-state index in [9.17, 15) is 5.11 Å². The van der Waals surface area contributed by atoms with E-state index in [1.54, 1.807) is 0 Å². The molecule has 1 unspecified atom stereocenters. The topological polar surface area (TPSA) is 20.2 Å². The second kappa shape index (κ2) is 5.73. The quantitative estimate of drug-likeness (QED) is 0.731. The Labute approximate surface area is 123 Å². The molecule has 0 spiro atoms. The fourth-order valence-electron chi connectivity index (χ4n) is 3.48. The molecule has 0 bridgehead atoms. The van der Waals surface area contributed by atoms with Gasteiger partial charge in [-0.1, -0.05) is 55.9 Å². The van der Waals surface area contributed by atoms with E-state index < -0.39 is 0 Å². The van der Waals surface area contributed by atoms with Crippen molar-refractivity contribution in [3.8, 4) is 0 Å². The van der Waals surface area contributed by atoms with Crippen LogP contribution in [-0.4, -0.2) is 11.7 Å². The average molecular weight is 272 g/mol. The second-order valence-electron chi connectivity index (χ2n) is 7.07. The lowest BCUT2D eigenvalue weighted by molar-refractivity contribution is 0.128. The zero-order chi connectivity index (χ0) is 14.8. The fraction of sp³-hybridized carbons (Fsp3) is 0.579. The van der Waals surface area contributed by atoms with E-state index in [2.05, 4.69) is 64.2 Å². The number of hydrogen-bond acceptors (Lipinski definition) is 1. The summed E-state index contributed by atoms with van der Waals surface area (Å²) in [6.07, 6.45) is 16.9. The van der Waals surface area contributed by atoms with Crippen molar-refractivity contribution in [2.45, 2.75) is 47.0 Å². The molecule has 1 nitrogen and oxygen atoms in total. The maximum Gasteiger partial charge on any atom is 0.0467 e. The van der Waals surface area contributed by atoms with Gasteiger partial charge in [0.25, 0.3) is 0 Å². The smallest absolute Gasteiger partial charge is 0.0467 e. The van der Waals surface area contributed by atoms with Crippen LogP contribution in [0.2, 0.25) is 0 Å². The first-order valence-corrected chi connectivity index (χ1v) is 7.75. The van der Waals surface area contributed by atoms with Gasteiger partial charge < -0.3 is 5.11 Å². The van der Waals surface area contributed by atoms with Gasteiger partial charge in [-0.2, -0.15) is 0 Å². The molecule has 2 aliphatic carbocycles. The molecular formula is C19H28O. The molecule has 0 heterocycles. The van der Waals surface area contributed by atoms with Crippen molar-refractivity contribution in [3.05, 3.63) is 47.6 Å². The molecule has 0 aliphatic heterocycles. The summed E-state index contributed by atoms with van der Waals surface area (Å²) in [5.41, 5.74) is 2.99. The van der Waals surface area contributed by atoms with E-state index in [-0.39, 0.29) is 17.4 Å². The van der Waals surface area contributed by atoms with Gasteiger partial charge in [0, 0.05) is 12.0 Å². The molecule has 2 aliphatic rings. The molecule has 0 amide bonds. The van der Waals surface area contributed by atoms with Crippen LogP contribution < -0.4 is 0 Å². The van der Waals surface area contributed by atoms with Gasteiger partial charge in [0.15, 0.2) is 0 Å². The Morgan fingerprint density at radius 1 is 1.25 bits per heavy atom. The monoisotopic (exact) mass is 272 g/mol. The highest BCUT2D eigenvalue weighted by atomic mass is 16.3. The van der Waals surface area contributed by atoms with E-state index in [0.717, 1.165) is 19.3 Å². The molecular weight excluding hydrogens is 244 g/mol. The molecule has 1 atom stereocenters. The van der Waals surface area contributed by atoms with E-state index in [1.165, 1.54) is 11.1 Å². The minimum atomic E-state index is 0.0355. The third kappa shape index (κ3) is 2.98. The largest absolute Gasteiger partial charge is 0.396 e. The Morgan fingerprint density at radius 3 is 2.50 bits per heavy atom. The van der Waals surface area contributed by atoms with Crippen LogP contribution in [0.1, 0.15) is 47.0 Å². The molecule has 0 saturated carbocycles. The van der Waals surface area contributed by atoms with Crippen LogP contribution in [0.25, 0.3) is 0 Å². The van der Waals surface area contributed by atoms with Gasteiger partial charge in [-0.25, -0.2) is 0 Å². The highest BCUT2D eigenvalue weighted by molar-refractivity contribution is 5.37. The van der Waals surface area contributed by atoms with Crippen molar-refractivity contribution in [1.29, 1.82) is 0 Å². The standard InChI is InChI=1S/C19H28O/c1-15-8-9-16(14-20)18(2,3)17(15)10-13-19(4)11-6-5-7-12-19/h6-7,10-13,16,20H,5,8-9,14H2,1-4H3/b13-10+. The molecule has 0 aromatic heterocycles. The molecule has 0 radical (unpaired) electrons. The second-order valence-corrected chi connectivity index (χ2v) is 7.07. The van der Waals surface area contributed by atoms with Crippen molar-refractivity contribution >= 4 is 0 Å². The third-order valence-electron chi connectivity index (χ3n) is 5.10. The van der Waals surface area contributed by atoms with Crippen LogP contribution in [0.15, 0.2) is 47.6 Å². The van der Waals surface area contributed by atoms with Gasteiger partial charge in [0.05, 0.1) is 0 Å². The van der Waals surface area contributed by atoms with Crippen molar-refractivity contribution in [2.24, 2.45) is 16.7 Å². The summed E-state index contributed by atoms with van der Waals surface area (Å²) < 4.78 is 0. The van der Waals surface area contributed by atoms with Crippen molar-refractivity contribution in [3.63, 3.8) is 0 Å². The SMILES string of the molecule is CC1=C(/C=C/C2(C)C=CCC=C2)C(C)(C)C(CO)CC1. The van der Waals surface area contributed by atoms with Gasteiger partial charge >= 0.3 is 0 Å². The van der Waals surface area contributed by atoms with E-state index in [4.69, 9.17) is 0 Å². The lowest BCUT2D eigenvalue weighted by Gasteiger charge is -2.40. The molecule has 110 valence electrons. The molecule has 0 saturated heterocycles. The lowest BCUT2D eigenvalue weighted by Crippen LogP contribution is -2.32. The number of allylic oxidation sites excluding steroid dienone is 8. The first-order chi connectivity index (χ1) is 9.39. The van der Waals surface area contributed by atoms with Gasteiger partial charge in [-0.05, 0) is 50.0 Å². The molecule has 1 N–H and O–H groups in total. The summed E-state index contributed by atoms with van der Waals surface area (Å²) in [7, 11) is 0. The Balaban J connectivity index is 2.28. The number of hydrogen-bond donors (Lipinski definition) is 1. The lowest BCUT2D eigenvalue weighted by atomic mass is 9.65. The van der Waals surface area contributed by atoms with Crippen LogP contribution in [-0.2, 0) is 0 Å². The van der Waals surface area contributed by atoms with Crippen LogP contribution in [0.4, 0.5) is 0 Å². The summed E-state index contributed by atoms with van der Waals surface area (Å²) in [6.45, 7) is 9.31. The first kappa shape index (κ1) is 15.3. The van der Waals surface area contributed by atoms with Gasteiger partial charge in [0.2, 0.25) is 0 Å². The Kier molecular flexibility index (Phi) is 4.39. The van der Waals surface area contributed by atoms with Gasteiger partial charge in [-0.15, -0.1) is 0 Å². The molecule has 0 fully saturated rings. The van der Waals surface area contributed by atoms with Crippen LogP contribution >= 0.6 is 0 Å². The Hall–Kier alpha value is -1.08. The minimum Gasteiger partial charge on any atom is -0.396 e. The zero-order valence-electron chi connectivity index (χ0n) is 13.3. The van der Waals surface area contributed by atoms with E-state index in [0.29, 0.717) is 5.92 Å². The number of rotatable bonds is 3. The minimum absolute atomic E-state index is 0.0355. The average Bonchev–Trinajstić information content (AvgIpc) is 2.38. The summed E-state index contributed by atoms with van der Waals surface area (Å²) >= 11 is 0. The normalized spacial score (nSPS) is 28.4. The molecule has 20 heavy (non-hydrogen) atoms. The zero-order valence-corrected chi connectivity index (χ0v) is 13.3. The summed E-state index contributed by atoms with van der Waals surface area (Å²) in [5.74, 6) is 0.371. The predicted molar refractivity (Wildman–Crippen MR) is 86.4 cm³/mol. The van der Waals surface area contributed by atoms with Gasteiger partial charge in [-0.3, -0.25) is 0 Å². The summed E-state index contributed by atoms with van der Waals surface area (Å²) in [6, 6.07) is 0. The van der Waals surface area contributed by atoms with Crippen LogP contribution in [0, 0.1) is 16.7 Å². The summed E-state index contributed by atoms with van der Waals surface area (Å²) in [5, 5.41) is 9.63. The predicted octanol–water partition coefficient (Wildman–Crippen LogP) is 4.81. The molecule has 0 aromatic rings. The number of aliphatic hydroxyl groups is 1. The third-order valence-corrected chi connectivity index (χ3v) is 5.10. The molecule has 1 heteroatoms. The van der Waals surface area contributed by atoms with E-state index >= 15 is 0 Å². The maximum atomic E-state index is 9.63. The fourth-order valence-corrected chi connectivity index (χ4v) is 3.48. The Bertz CT molecular complexity index is 462. The molecule has 0 aromatic carbocycles. The van der Waals surface area contributed by atoms with Crippen molar-refractivity contribution < 1.29 is 5.11 Å². The highest BCUT2D eigenvalue weighted by Gasteiger charge is 2.35. The number of aliphatic hydroxyl groups excluding tert-OH is 1.